The van der Waals surface area contributed by atoms with Crippen LogP contribution >= 0.6 is 0 Å². The summed E-state index contributed by atoms with van der Waals surface area (Å²) in [6.07, 6.45) is 2.70. The highest BCUT2D eigenvalue weighted by atomic mass is 32.2. The van der Waals surface area contributed by atoms with Crippen LogP contribution in [0.3, 0.4) is 0 Å². The molecule has 0 unspecified atom stereocenters. The van der Waals surface area contributed by atoms with Crippen LogP contribution in [0.1, 0.15) is 19.3 Å². The molecule has 1 N–H and O–H groups in total. The highest BCUT2D eigenvalue weighted by Gasteiger charge is 2.26. The van der Waals surface area contributed by atoms with Gasteiger partial charge in [-0.05, 0) is 31.0 Å². The second kappa shape index (κ2) is 7.61. The van der Waals surface area contributed by atoms with Gasteiger partial charge in [-0.25, -0.2) is 8.42 Å². The summed E-state index contributed by atoms with van der Waals surface area (Å²) in [5.41, 5.74) is -0.248. The van der Waals surface area contributed by atoms with Gasteiger partial charge in [0.2, 0.25) is 10.0 Å². The van der Waals surface area contributed by atoms with E-state index in [-0.39, 0.29) is 16.2 Å². The topological polar surface area (TPSA) is 121 Å². The lowest BCUT2D eigenvalue weighted by atomic mass is 10.2. The number of anilines is 1. The first-order valence-electron chi connectivity index (χ1n) is 7.34. The number of rotatable bonds is 4. The van der Waals surface area contributed by atoms with Crippen molar-refractivity contribution < 1.29 is 8.42 Å². The van der Waals surface area contributed by atoms with Gasteiger partial charge in [0.1, 0.15) is 23.9 Å². The Bertz CT molecular complexity index is 862. The van der Waals surface area contributed by atoms with Crippen molar-refractivity contribution in [1.82, 2.24) is 4.31 Å². The number of allylic oxidation sites excluding steroid dienone is 2. The van der Waals surface area contributed by atoms with Crippen LogP contribution < -0.4 is 5.32 Å². The van der Waals surface area contributed by atoms with Gasteiger partial charge in [-0.15, -0.1) is 0 Å². The first-order valence-corrected chi connectivity index (χ1v) is 8.78. The molecule has 1 saturated heterocycles. The predicted molar refractivity (Wildman–Crippen MR) is 86.5 cm³/mol. The average Bonchev–Trinajstić information content (AvgIpc) is 2.62. The number of nitrogens with zero attached hydrogens (tertiary/aromatic N) is 4. The van der Waals surface area contributed by atoms with Gasteiger partial charge in [0.15, 0.2) is 5.57 Å². The highest BCUT2D eigenvalue weighted by Crippen LogP contribution is 2.23. The maximum atomic E-state index is 12.7. The Kier molecular flexibility index (Phi) is 5.55. The Morgan fingerprint density at radius 1 is 1.04 bits per heavy atom. The molecule has 24 heavy (non-hydrogen) atoms. The predicted octanol–water partition coefficient (Wildman–Crippen LogP) is 2.10. The fraction of sp³-hybridized carbons (Fsp3) is 0.312. The summed E-state index contributed by atoms with van der Waals surface area (Å²) >= 11 is 0. The zero-order valence-corrected chi connectivity index (χ0v) is 13.7. The second-order valence-corrected chi connectivity index (χ2v) is 7.14. The quantitative estimate of drug-likeness (QED) is 0.837. The highest BCUT2D eigenvalue weighted by molar-refractivity contribution is 7.89. The molecule has 0 saturated carbocycles. The minimum absolute atomic E-state index is 0.113. The number of sulfonamides is 1. The van der Waals surface area contributed by atoms with Gasteiger partial charge in [0.05, 0.1) is 4.90 Å². The molecule has 0 amide bonds. The molecule has 8 heteroatoms. The first kappa shape index (κ1) is 17.5. The van der Waals surface area contributed by atoms with E-state index in [1.54, 1.807) is 30.3 Å². The minimum Gasteiger partial charge on any atom is -0.345 e. The van der Waals surface area contributed by atoms with Gasteiger partial charge in [0.25, 0.3) is 0 Å². The number of benzene rings is 1. The lowest BCUT2D eigenvalue weighted by Gasteiger charge is -2.26. The van der Waals surface area contributed by atoms with Crippen LogP contribution in [0.25, 0.3) is 0 Å². The molecule has 1 heterocycles. The van der Waals surface area contributed by atoms with Crippen molar-refractivity contribution >= 4 is 15.7 Å². The third-order valence-electron chi connectivity index (χ3n) is 3.64. The van der Waals surface area contributed by atoms with Crippen molar-refractivity contribution in [3.8, 4) is 18.2 Å². The van der Waals surface area contributed by atoms with E-state index >= 15 is 0 Å². The summed E-state index contributed by atoms with van der Waals surface area (Å²) in [4.78, 5) is 0.113. The van der Waals surface area contributed by atoms with Gasteiger partial charge < -0.3 is 5.32 Å². The summed E-state index contributed by atoms with van der Waals surface area (Å²) in [7, 11) is -3.59. The van der Waals surface area contributed by atoms with Crippen LogP contribution in [0, 0.1) is 34.0 Å². The Balaban J connectivity index is 2.33. The molecule has 1 aromatic rings. The Morgan fingerprint density at radius 2 is 1.71 bits per heavy atom. The normalized spacial score (nSPS) is 14.7. The molecule has 1 fully saturated rings. The third kappa shape index (κ3) is 3.72. The van der Waals surface area contributed by atoms with E-state index in [1.165, 1.54) is 16.4 Å². The average molecular weight is 341 g/mol. The van der Waals surface area contributed by atoms with E-state index in [1.807, 2.05) is 0 Å². The molecule has 0 aliphatic carbocycles. The molecule has 1 aliphatic rings. The van der Waals surface area contributed by atoms with Gasteiger partial charge in [0, 0.05) is 18.8 Å². The SMILES string of the molecule is N#CC(C#N)=C(C#N)Nc1cccc(S(=O)(=O)N2CCCCC2)c1. The summed E-state index contributed by atoms with van der Waals surface area (Å²) in [6, 6.07) is 11.0. The summed E-state index contributed by atoms with van der Waals surface area (Å²) in [5.74, 6) is 0. The maximum absolute atomic E-state index is 12.7. The molecule has 0 spiro atoms. The molecular weight excluding hydrogens is 326 g/mol. The molecule has 2 rings (SSSR count). The van der Waals surface area contributed by atoms with E-state index in [9.17, 15) is 8.42 Å². The third-order valence-corrected chi connectivity index (χ3v) is 5.54. The van der Waals surface area contributed by atoms with Crippen LogP contribution in [0.2, 0.25) is 0 Å². The maximum Gasteiger partial charge on any atom is 0.243 e. The van der Waals surface area contributed by atoms with Crippen molar-refractivity contribution in [3.63, 3.8) is 0 Å². The fourth-order valence-electron chi connectivity index (χ4n) is 2.42. The van der Waals surface area contributed by atoms with E-state index in [2.05, 4.69) is 5.32 Å². The van der Waals surface area contributed by atoms with E-state index in [0.29, 0.717) is 18.8 Å². The van der Waals surface area contributed by atoms with Crippen LogP contribution in [0.4, 0.5) is 5.69 Å². The van der Waals surface area contributed by atoms with Crippen molar-refractivity contribution in [2.45, 2.75) is 24.2 Å². The molecule has 0 bridgehead atoms. The summed E-state index contributed by atoms with van der Waals surface area (Å²) < 4.78 is 26.8. The Morgan fingerprint density at radius 3 is 2.29 bits per heavy atom. The van der Waals surface area contributed by atoms with Crippen LogP contribution in [-0.2, 0) is 10.0 Å². The van der Waals surface area contributed by atoms with Gasteiger partial charge in [-0.2, -0.15) is 20.1 Å². The number of nitrogens with one attached hydrogen (secondary N) is 1. The second-order valence-electron chi connectivity index (χ2n) is 5.20. The number of hydrogen-bond acceptors (Lipinski definition) is 6. The van der Waals surface area contributed by atoms with Crippen molar-refractivity contribution in [2.75, 3.05) is 18.4 Å². The molecule has 1 aliphatic heterocycles. The van der Waals surface area contributed by atoms with Gasteiger partial charge in [-0.1, -0.05) is 12.5 Å². The lowest BCUT2D eigenvalue weighted by molar-refractivity contribution is 0.346. The molecule has 122 valence electrons. The standard InChI is InChI=1S/C16H15N5O2S/c17-10-13(11-18)16(12-19)20-14-5-4-6-15(9-14)24(22,23)21-7-2-1-3-8-21/h4-6,9,20H,1-3,7-8H2. The van der Waals surface area contributed by atoms with Gasteiger partial charge >= 0.3 is 0 Å². The van der Waals surface area contributed by atoms with Crippen LogP contribution in [-0.4, -0.2) is 25.8 Å². The zero-order chi connectivity index (χ0) is 17.6. The molecule has 0 atom stereocenters. The fourth-order valence-corrected chi connectivity index (χ4v) is 3.98. The Labute approximate surface area is 141 Å². The van der Waals surface area contributed by atoms with Crippen LogP contribution in [0.5, 0.6) is 0 Å². The number of nitriles is 3. The molecular formula is C16H15N5O2S. The van der Waals surface area contributed by atoms with Crippen molar-refractivity contribution in [2.24, 2.45) is 0 Å². The molecule has 7 nitrogen and oxygen atoms in total. The van der Waals surface area contributed by atoms with Crippen molar-refractivity contribution in [3.05, 3.63) is 35.5 Å². The van der Waals surface area contributed by atoms with Crippen LogP contribution in [0.15, 0.2) is 40.4 Å². The smallest absolute Gasteiger partial charge is 0.243 e. The van der Waals surface area contributed by atoms with E-state index in [4.69, 9.17) is 15.8 Å². The van der Waals surface area contributed by atoms with E-state index < -0.39 is 10.0 Å². The number of piperidine rings is 1. The zero-order valence-electron chi connectivity index (χ0n) is 12.9. The van der Waals surface area contributed by atoms with E-state index in [0.717, 1.165) is 19.3 Å². The Hall–Kier alpha value is -2.86. The van der Waals surface area contributed by atoms with Crippen molar-refractivity contribution in [1.29, 1.82) is 15.8 Å². The van der Waals surface area contributed by atoms with Gasteiger partial charge in [-0.3, -0.25) is 0 Å². The minimum atomic E-state index is -3.59. The number of hydrogen-bond donors (Lipinski definition) is 1. The summed E-state index contributed by atoms with van der Waals surface area (Å²) in [5, 5.41) is 29.4. The largest absolute Gasteiger partial charge is 0.345 e. The summed E-state index contributed by atoms with van der Waals surface area (Å²) in [6.45, 7) is 0.993. The first-order chi connectivity index (χ1) is 11.5. The molecule has 1 aromatic carbocycles. The lowest BCUT2D eigenvalue weighted by Crippen LogP contribution is -2.35. The monoisotopic (exact) mass is 341 g/mol. The molecule has 0 radical (unpaired) electrons. The molecule has 0 aromatic heterocycles.